The highest BCUT2D eigenvalue weighted by atomic mass is 35.5. The molecule has 0 saturated carbocycles. The van der Waals surface area contributed by atoms with Crippen LogP contribution in [0.15, 0.2) is 18.3 Å². The Bertz CT molecular complexity index is 470. The van der Waals surface area contributed by atoms with Gasteiger partial charge in [0.25, 0.3) is 0 Å². The van der Waals surface area contributed by atoms with E-state index in [2.05, 4.69) is 9.97 Å². The third kappa shape index (κ3) is 1.70. The van der Waals surface area contributed by atoms with Gasteiger partial charge in [0.05, 0.1) is 10.0 Å². The van der Waals surface area contributed by atoms with E-state index in [1.54, 1.807) is 12.1 Å². The normalized spacial score (nSPS) is 10.7. The molecule has 2 aromatic heterocycles. The van der Waals surface area contributed by atoms with Crippen molar-refractivity contribution in [3.63, 3.8) is 0 Å². The lowest BCUT2D eigenvalue weighted by molar-refractivity contribution is 1.29. The molecule has 2 heterocycles. The average molecular weight is 233 g/mol. The van der Waals surface area contributed by atoms with E-state index in [-0.39, 0.29) is 0 Å². The molecule has 0 atom stereocenters. The third-order valence-corrected chi connectivity index (χ3v) is 2.26. The minimum Gasteiger partial charge on any atom is -0.235 e. The van der Waals surface area contributed by atoms with Gasteiger partial charge in [0.2, 0.25) is 0 Å². The van der Waals surface area contributed by atoms with Crippen LogP contribution in [-0.2, 0) is 0 Å². The molecule has 0 amide bonds. The van der Waals surface area contributed by atoms with E-state index >= 15 is 0 Å². The Morgan fingerprint density at radius 2 is 1.85 bits per heavy atom. The SMILES string of the molecule is Clc1cnc2nc(Cl)cc(Cl)c2c1. The van der Waals surface area contributed by atoms with Gasteiger partial charge in [0.1, 0.15) is 5.15 Å². The van der Waals surface area contributed by atoms with Gasteiger partial charge in [0.15, 0.2) is 5.65 Å². The van der Waals surface area contributed by atoms with Gasteiger partial charge in [-0.15, -0.1) is 0 Å². The maximum absolute atomic E-state index is 5.91. The fourth-order valence-electron chi connectivity index (χ4n) is 1.01. The molecule has 5 heteroatoms. The van der Waals surface area contributed by atoms with Crippen molar-refractivity contribution in [2.24, 2.45) is 0 Å². The van der Waals surface area contributed by atoms with Crippen LogP contribution in [0, 0.1) is 0 Å². The van der Waals surface area contributed by atoms with Crippen molar-refractivity contribution < 1.29 is 0 Å². The van der Waals surface area contributed by atoms with Gasteiger partial charge >= 0.3 is 0 Å². The van der Waals surface area contributed by atoms with E-state index in [0.29, 0.717) is 26.2 Å². The molecule has 2 rings (SSSR count). The van der Waals surface area contributed by atoms with E-state index in [0.717, 1.165) is 0 Å². The Morgan fingerprint density at radius 3 is 2.62 bits per heavy atom. The van der Waals surface area contributed by atoms with Crippen molar-refractivity contribution in [3.8, 4) is 0 Å². The minimum absolute atomic E-state index is 0.326. The zero-order chi connectivity index (χ0) is 9.42. The molecule has 0 bridgehead atoms. The van der Waals surface area contributed by atoms with Gasteiger partial charge in [-0.25, -0.2) is 9.97 Å². The summed E-state index contributed by atoms with van der Waals surface area (Å²) in [7, 11) is 0. The van der Waals surface area contributed by atoms with E-state index in [1.807, 2.05) is 0 Å². The number of pyridine rings is 2. The van der Waals surface area contributed by atoms with Gasteiger partial charge in [-0.1, -0.05) is 34.8 Å². The summed E-state index contributed by atoms with van der Waals surface area (Å²) in [5, 5.41) is 2.06. The maximum atomic E-state index is 5.91. The first kappa shape index (κ1) is 9.00. The van der Waals surface area contributed by atoms with Crippen LogP contribution in [-0.4, -0.2) is 9.97 Å². The van der Waals surface area contributed by atoms with Crippen molar-refractivity contribution in [1.82, 2.24) is 9.97 Å². The topological polar surface area (TPSA) is 25.8 Å². The monoisotopic (exact) mass is 232 g/mol. The maximum Gasteiger partial charge on any atom is 0.162 e. The largest absolute Gasteiger partial charge is 0.235 e. The molecule has 0 saturated heterocycles. The number of aromatic nitrogens is 2. The fourth-order valence-corrected chi connectivity index (χ4v) is 1.66. The lowest BCUT2D eigenvalue weighted by Gasteiger charge is -1.99. The van der Waals surface area contributed by atoms with E-state index < -0.39 is 0 Å². The summed E-state index contributed by atoms with van der Waals surface area (Å²) < 4.78 is 0. The summed E-state index contributed by atoms with van der Waals surface area (Å²) in [5.41, 5.74) is 0.502. The summed E-state index contributed by atoms with van der Waals surface area (Å²) >= 11 is 17.4. The summed E-state index contributed by atoms with van der Waals surface area (Å²) in [6.07, 6.45) is 1.50. The van der Waals surface area contributed by atoms with Crippen molar-refractivity contribution >= 4 is 45.8 Å². The molecule has 0 aromatic carbocycles. The molecule has 2 aromatic rings. The zero-order valence-corrected chi connectivity index (χ0v) is 8.53. The number of hydrogen-bond donors (Lipinski definition) is 0. The fraction of sp³-hybridized carbons (Fsp3) is 0. The van der Waals surface area contributed by atoms with Crippen molar-refractivity contribution in [1.29, 1.82) is 0 Å². The number of nitrogens with zero attached hydrogens (tertiary/aromatic N) is 2. The number of hydrogen-bond acceptors (Lipinski definition) is 2. The van der Waals surface area contributed by atoms with Crippen LogP contribution < -0.4 is 0 Å². The highest BCUT2D eigenvalue weighted by Gasteiger charge is 2.04. The van der Waals surface area contributed by atoms with E-state index in [1.165, 1.54) is 6.20 Å². The Balaban J connectivity index is 2.87. The molecular formula is C8H3Cl3N2. The Hall–Kier alpha value is -0.570. The second kappa shape index (κ2) is 3.29. The smallest absolute Gasteiger partial charge is 0.162 e. The molecule has 2 nitrogen and oxygen atoms in total. The van der Waals surface area contributed by atoms with E-state index in [9.17, 15) is 0 Å². The quantitative estimate of drug-likeness (QED) is 0.650. The minimum atomic E-state index is 0.326. The van der Waals surface area contributed by atoms with Gasteiger partial charge in [0, 0.05) is 11.6 Å². The first-order valence-electron chi connectivity index (χ1n) is 3.44. The Morgan fingerprint density at radius 1 is 1.08 bits per heavy atom. The summed E-state index contributed by atoms with van der Waals surface area (Å²) in [6.45, 7) is 0. The highest BCUT2D eigenvalue weighted by molar-refractivity contribution is 6.38. The van der Waals surface area contributed by atoms with Gasteiger partial charge < -0.3 is 0 Å². The predicted molar refractivity (Wildman–Crippen MR) is 54.6 cm³/mol. The van der Waals surface area contributed by atoms with Gasteiger partial charge in [-0.05, 0) is 12.1 Å². The van der Waals surface area contributed by atoms with E-state index in [4.69, 9.17) is 34.8 Å². The Labute approximate surface area is 89.5 Å². The molecule has 13 heavy (non-hydrogen) atoms. The second-order valence-electron chi connectivity index (χ2n) is 2.45. The summed E-state index contributed by atoms with van der Waals surface area (Å²) in [4.78, 5) is 7.98. The third-order valence-electron chi connectivity index (χ3n) is 1.55. The molecular weight excluding hydrogens is 230 g/mol. The lowest BCUT2D eigenvalue weighted by atomic mass is 10.3. The van der Waals surface area contributed by atoms with Gasteiger partial charge in [-0.2, -0.15) is 0 Å². The van der Waals surface area contributed by atoms with Crippen molar-refractivity contribution in [2.45, 2.75) is 0 Å². The molecule has 0 unspecified atom stereocenters. The molecule has 0 aliphatic heterocycles. The van der Waals surface area contributed by atoms with Crippen molar-refractivity contribution in [3.05, 3.63) is 33.5 Å². The molecule has 0 fully saturated rings. The van der Waals surface area contributed by atoms with Crippen LogP contribution >= 0.6 is 34.8 Å². The van der Waals surface area contributed by atoms with Crippen LogP contribution in [0.1, 0.15) is 0 Å². The van der Waals surface area contributed by atoms with Crippen molar-refractivity contribution in [2.75, 3.05) is 0 Å². The molecule has 66 valence electrons. The molecule has 0 spiro atoms. The van der Waals surface area contributed by atoms with Gasteiger partial charge in [-0.3, -0.25) is 0 Å². The summed E-state index contributed by atoms with van der Waals surface area (Å²) in [5.74, 6) is 0. The van der Waals surface area contributed by atoms with Crippen LogP contribution in [0.5, 0.6) is 0 Å². The number of halogens is 3. The molecule has 0 radical (unpaired) electrons. The molecule has 0 aliphatic rings. The summed E-state index contributed by atoms with van der Waals surface area (Å²) in [6, 6.07) is 3.26. The Kier molecular flexibility index (Phi) is 2.28. The second-order valence-corrected chi connectivity index (χ2v) is 3.68. The van der Waals surface area contributed by atoms with Crippen LogP contribution in [0.2, 0.25) is 15.2 Å². The molecule has 0 aliphatic carbocycles. The number of fused-ring (bicyclic) bond motifs is 1. The van der Waals surface area contributed by atoms with Crippen LogP contribution in [0.4, 0.5) is 0 Å². The van der Waals surface area contributed by atoms with Crippen LogP contribution in [0.3, 0.4) is 0 Å². The molecule has 0 N–H and O–H groups in total. The standard InChI is InChI=1S/C8H3Cl3N2/c9-4-1-5-6(10)2-7(11)13-8(5)12-3-4/h1-3H. The highest BCUT2D eigenvalue weighted by Crippen LogP contribution is 2.25. The predicted octanol–water partition coefficient (Wildman–Crippen LogP) is 3.59. The van der Waals surface area contributed by atoms with Crippen LogP contribution in [0.25, 0.3) is 11.0 Å². The average Bonchev–Trinajstić information content (AvgIpc) is 2.06. The zero-order valence-electron chi connectivity index (χ0n) is 6.26. The first-order valence-corrected chi connectivity index (χ1v) is 4.57. The number of rotatable bonds is 0. The first-order chi connectivity index (χ1) is 6.16. The lowest BCUT2D eigenvalue weighted by Crippen LogP contribution is -1.85.